The van der Waals surface area contributed by atoms with E-state index in [1.165, 1.54) is 24.8 Å². The number of piperidine rings is 2. The summed E-state index contributed by atoms with van der Waals surface area (Å²) in [5.74, 6) is -0.738. The van der Waals surface area contributed by atoms with Crippen LogP contribution in [0.2, 0.25) is 0 Å². The average Bonchev–Trinajstić information content (AvgIpc) is 3.53. The molecule has 4 N–H and O–H groups in total. The first-order valence-corrected chi connectivity index (χ1v) is 23.9. The third-order valence-corrected chi connectivity index (χ3v) is 15.1. The summed E-state index contributed by atoms with van der Waals surface area (Å²) in [5.41, 5.74) is 2.14. The number of hydrogen-bond donors (Lipinski definition) is 4. The molecule has 0 unspecified atom stereocenters. The summed E-state index contributed by atoms with van der Waals surface area (Å²) in [6.45, 7) is 6.16. The molecule has 0 radical (unpaired) electrons. The molecule has 3 saturated heterocycles. The van der Waals surface area contributed by atoms with Crippen molar-refractivity contribution < 1.29 is 22.8 Å². The Morgan fingerprint density at radius 2 is 1.61 bits per heavy atom. The zero-order valence-corrected chi connectivity index (χ0v) is 34.8. The van der Waals surface area contributed by atoms with Crippen LogP contribution in [0.25, 0.3) is 0 Å². The normalized spacial score (nSPS) is 27.0. The summed E-state index contributed by atoms with van der Waals surface area (Å²) in [7, 11) is -3.29. The Morgan fingerprint density at radius 3 is 2.30 bits per heavy atom. The van der Waals surface area contributed by atoms with Crippen molar-refractivity contribution in [3.8, 4) is 0 Å². The zero-order valence-electron chi connectivity index (χ0n) is 33.2. The maximum absolute atomic E-state index is 14.5. The second kappa shape index (κ2) is 18.3. The highest BCUT2D eigenvalue weighted by Gasteiger charge is 2.46. The van der Waals surface area contributed by atoms with E-state index < -0.39 is 22.0 Å². The largest absolute Gasteiger partial charge is 0.351 e. The van der Waals surface area contributed by atoms with Gasteiger partial charge in [-0.1, -0.05) is 42.8 Å². The van der Waals surface area contributed by atoms with Crippen molar-refractivity contribution in [1.29, 1.82) is 0 Å². The molecule has 0 bridgehead atoms. The van der Waals surface area contributed by atoms with Gasteiger partial charge in [0.2, 0.25) is 21.8 Å². The summed E-state index contributed by atoms with van der Waals surface area (Å²) in [6, 6.07) is 14.0. The topological polar surface area (TPSA) is 143 Å². The maximum Gasteiger partial charge on any atom is 0.317 e. The molecule has 2 aliphatic carbocycles. The summed E-state index contributed by atoms with van der Waals surface area (Å²) < 4.78 is 26.0. The summed E-state index contributed by atoms with van der Waals surface area (Å²) in [5, 5.41) is 12.1. The average molecular weight is 810 g/mol. The molecule has 308 valence electrons. The van der Waals surface area contributed by atoms with Crippen molar-refractivity contribution in [3.05, 3.63) is 58.3 Å². The van der Waals surface area contributed by atoms with Crippen LogP contribution in [0.3, 0.4) is 0 Å². The lowest BCUT2D eigenvalue weighted by Crippen LogP contribution is -2.61. The van der Waals surface area contributed by atoms with Crippen molar-refractivity contribution in [2.24, 2.45) is 16.7 Å². The first kappa shape index (κ1) is 41.1. The number of nitrogens with zero attached hydrogens (tertiary/aromatic N) is 3. The highest BCUT2D eigenvalue weighted by molar-refractivity contribution is 7.88. The van der Waals surface area contributed by atoms with Crippen LogP contribution in [0.5, 0.6) is 0 Å². The summed E-state index contributed by atoms with van der Waals surface area (Å²) in [6.07, 6.45) is 13.7. The molecule has 3 aliphatic heterocycles. The minimum Gasteiger partial charge on any atom is -0.351 e. The fourth-order valence-electron chi connectivity index (χ4n) is 9.74. The Bertz CT molecular complexity index is 1720. The first-order valence-electron chi connectivity index (χ1n) is 21.1. The molecule has 1 aromatic heterocycles. The van der Waals surface area contributed by atoms with Gasteiger partial charge in [-0.2, -0.15) is 0 Å². The molecule has 14 heteroatoms. The number of carbonyl (C=O) groups is 3. The Morgan fingerprint density at radius 1 is 0.857 bits per heavy atom. The van der Waals surface area contributed by atoms with Gasteiger partial charge in [-0.25, -0.2) is 17.9 Å². The molecule has 2 aromatic rings. The van der Waals surface area contributed by atoms with Gasteiger partial charge in [0.15, 0.2) is 0 Å². The number of unbranched alkanes of at least 4 members (excludes halogenated alkanes) is 1. The summed E-state index contributed by atoms with van der Waals surface area (Å²) >= 11 is 1.59. The third kappa shape index (κ3) is 11.1. The van der Waals surface area contributed by atoms with Gasteiger partial charge in [-0.05, 0) is 111 Å². The van der Waals surface area contributed by atoms with Crippen LogP contribution in [0.15, 0.2) is 47.8 Å². The zero-order chi connectivity index (χ0) is 39.2. The number of urea groups is 1. The Kier molecular flexibility index (Phi) is 13.4. The van der Waals surface area contributed by atoms with E-state index in [9.17, 15) is 22.8 Å². The van der Waals surface area contributed by atoms with Gasteiger partial charge >= 0.3 is 6.03 Å². The molecule has 1 aromatic carbocycles. The number of benzene rings is 1. The number of sulfonamides is 1. The van der Waals surface area contributed by atoms with Crippen LogP contribution in [0.4, 0.5) is 4.79 Å². The van der Waals surface area contributed by atoms with Crippen molar-refractivity contribution >= 4 is 39.2 Å². The number of rotatable bonds is 15. The number of amides is 4. The van der Waals surface area contributed by atoms with Gasteiger partial charge in [0.05, 0.1) is 24.8 Å². The molecular formula is C42H63N7O5S2. The highest BCUT2D eigenvalue weighted by atomic mass is 32.2. The summed E-state index contributed by atoms with van der Waals surface area (Å²) in [4.78, 5) is 49.4. The number of thiophene rings is 1. The molecular weight excluding hydrogens is 747 g/mol. The second-order valence-electron chi connectivity index (χ2n) is 17.6. The van der Waals surface area contributed by atoms with E-state index in [-0.39, 0.29) is 36.5 Å². The molecule has 12 nitrogen and oxygen atoms in total. The van der Waals surface area contributed by atoms with Crippen molar-refractivity contribution in [1.82, 2.24) is 35.4 Å². The van der Waals surface area contributed by atoms with Gasteiger partial charge in [-0.15, -0.1) is 11.3 Å². The second-order valence-corrected chi connectivity index (χ2v) is 20.5. The van der Waals surface area contributed by atoms with Crippen LogP contribution in [-0.4, -0.2) is 111 Å². The van der Waals surface area contributed by atoms with E-state index >= 15 is 0 Å². The number of nitrogens with one attached hydrogen (secondary N) is 4. The van der Waals surface area contributed by atoms with E-state index in [0.717, 1.165) is 82.4 Å². The Balaban J connectivity index is 0.981. The quantitative estimate of drug-likeness (QED) is 0.192. The van der Waals surface area contributed by atoms with Crippen molar-refractivity contribution in [2.45, 2.75) is 115 Å². The van der Waals surface area contributed by atoms with E-state index in [1.807, 2.05) is 27.3 Å². The minimum absolute atomic E-state index is 0.0112. The highest BCUT2D eigenvalue weighted by Crippen LogP contribution is 2.53. The lowest BCUT2D eigenvalue weighted by molar-refractivity contribution is -0.138. The standard InChI is InChI=1S/C42H63N7O5S2/c1-56(53,54)44-22-6-5-11-37(45-33-12-15-42(16-13-33)19-24-47(31-42)29-32-8-3-2-4-9-32)39(51)49-23-14-36(35(30-49)38(50)43-28-34-10-7-27-55-34)46-40(52)48-25-20-41(17-18-41)21-26-48/h2-4,7-10,27,33,35-37,44-45H,5-6,11-26,28-31H2,1H3,(H,43,50)(H,46,52)/t33?,35-,36+,37+,42?/m0/s1. The lowest BCUT2D eigenvalue weighted by atomic mass is 9.72. The maximum atomic E-state index is 14.5. The fourth-order valence-corrected chi connectivity index (χ4v) is 10.9. The number of hydrogen-bond acceptors (Lipinski definition) is 8. The number of likely N-dealkylation sites (tertiary alicyclic amines) is 3. The van der Waals surface area contributed by atoms with E-state index in [1.54, 1.807) is 11.3 Å². The van der Waals surface area contributed by atoms with Gasteiger partial charge in [0.25, 0.3) is 0 Å². The minimum atomic E-state index is -3.29. The monoisotopic (exact) mass is 809 g/mol. The molecule has 4 amide bonds. The van der Waals surface area contributed by atoms with Gasteiger partial charge in [0.1, 0.15) is 0 Å². The molecule has 2 saturated carbocycles. The molecule has 3 atom stereocenters. The Hall–Kier alpha value is -3.04. The van der Waals surface area contributed by atoms with E-state index in [2.05, 4.69) is 55.9 Å². The molecule has 4 heterocycles. The van der Waals surface area contributed by atoms with Crippen LogP contribution in [0.1, 0.15) is 93.9 Å². The van der Waals surface area contributed by atoms with Gasteiger partial charge < -0.3 is 25.8 Å². The van der Waals surface area contributed by atoms with E-state index in [0.29, 0.717) is 56.1 Å². The number of carbonyl (C=O) groups excluding carboxylic acids is 3. The van der Waals surface area contributed by atoms with Crippen molar-refractivity contribution in [2.75, 3.05) is 52.1 Å². The van der Waals surface area contributed by atoms with Crippen LogP contribution in [0, 0.1) is 16.7 Å². The smallest absolute Gasteiger partial charge is 0.317 e. The van der Waals surface area contributed by atoms with Gasteiger partial charge in [0, 0.05) is 62.8 Å². The van der Waals surface area contributed by atoms with Gasteiger partial charge in [-0.3, -0.25) is 14.5 Å². The SMILES string of the molecule is CS(=O)(=O)NCCCC[C@@H](NC1CCC2(CC1)CCN(Cc1ccccc1)C2)C(=O)N1CC[C@@H](NC(=O)N2CCC3(CC2)CC3)[C@@H](C(=O)NCc2cccs2)C1. The predicted molar refractivity (Wildman–Crippen MR) is 220 cm³/mol. The lowest BCUT2D eigenvalue weighted by Gasteiger charge is -2.42. The molecule has 2 spiro atoms. The van der Waals surface area contributed by atoms with Crippen LogP contribution in [-0.2, 0) is 32.7 Å². The van der Waals surface area contributed by atoms with Crippen LogP contribution >= 0.6 is 11.3 Å². The van der Waals surface area contributed by atoms with Crippen molar-refractivity contribution in [3.63, 3.8) is 0 Å². The molecule has 5 fully saturated rings. The van der Waals surface area contributed by atoms with Crippen LogP contribution < -0.4 is 20.7 Å². The predicted octanol–water partition coefficient (Wildman–Crippen LogP) is 4.68. The van der Waals surface area contributed by atoms with E-state index in [4.69, 9.17) is 0 Å². The third-order valence-electron chi connectivity index (χ3n) is 13.5. The fraction of sp³-hybridized carbons (Fsp3) is 0.690. The Labute approximate surface area is 338 Å². The molecule has 7 rings (SSSR count). The molecule has 5 aliphatic rings. The molecule has 56 heavy (non-hydrogen) atoms. The first-order chi connectivity index (χ1) is 27.0.